The highest BCUT2D eigenvalue weighted by molar-refractivity contribution is 6.03. The van der Waals surface area contributed by atoms with Crippen LogP contribution in [0.15, 0.2) is 6.07 Å². The minimum atomic E-state index is -1.85. The number of aromatic hydroxyl groups is 2. The minimum absolute atomic E-state index is 0.187. The molecule has 4 rings (SSSR count). The maximum absolute atomic E-state index is 12.7. The van der Waals surface area contributed by atoms with Gasteiger partial charge in [-0.05, 0) is 18.6 Å². The van der Waals surface area contributed by atoms with Crippen LogP contribution >= 0.6 is 0 Å². The molecule has 0 radical (unpaired) electrons. The lowest BCUT2D eigenvalue weighted by Gasteiger charge is -2.17. The summed E-state index contributed by atoms with van der Waals surface area (Å²) in [6.45, 7) is 0.618. The number of carbonyl (C=O) groups excluding carboxylic acids is 3. The number of rotatable bonds is 2. The molecule has 2 heterocycles. The fourth-order valence-electron chi connectivity index (χ4n) is 3.28. The number of aliphatic hydroxyl groups excluding tert-OH is 2. The first-order valence-electron chi connectivity index (χ1n) is 7.93. The Balaban J connectivity index is 2.11. The van der Waals surface area contributed by atoms with Gasteiger partial charge in [-0.1, -0.05) is 0 Å². The fraction of sp³-hybridized carbons (Fsp3) is 0.167. The van der Waals surface area contributed by atoms with E-state index in [1.807, 2.05) is 0 Å². The number of aldehydes is 1. The molecule has 4 N–H and O–H groups in total. The summed E-state index contributed by atoms with van der Waals surface area (Å²) >= 11 is 0. The number of aryl methyl sites for hydroxylation is 1. The first-order valence-corrected chi connectivity index (χ1v) is 7.93. The summed E-state index contributed by atoms with van der Waals surface area (Å²) in [5.41, 5.74) is -1.50. The van der Waals surface area contributed by atoms with Gasteiger partial charge in [0, 0.05) is 0 Å². The Bertz CT molecular complexity index is 1080. The van der Waals surface area contributed by atoms with Crippen LogP contribution in [0.5, 0.6) is 28.7 Å². The van der Waals surface area contributed by atoms with E-state index in [2.05, 4.69) is 4.74 Å². The second-order valence-corrected chi connectivity index (χ2v) is 6.13. The number of hydrogen-bond acceptors (Lipinski definition) is 10. The lowest BCUT2D eigenvalue weighted by Crippen LogP contribution is -2.11. The number of phenols is 2. The standard InChI is InChI=1S/C18H12O10/c1-5-2-8(21)6(3-19)13-9(5)16(23)27-14-7(4-20)12(22)10-11(15(14)26-13)18(25)28-17(10)24/h2-3,18,20-22,25H,4H2,1H3/t18-/m0/s1. The summed E-state index contributed by atoms with van der Waals surface area (Å²) < 4.78 is 15.6. The fourth-order valence-corrected chi connectivity index (χ4v) is 3.28. The molecule has 0 saturated carbocycles. The van der Waals surface area contributed by atoms with E-state index >= 15 is 0 Å². The highest BCUT2D eigenvalue weighted by Gasteiger charge is 2.43. The van der Waals surface area contributed by atoms with Crippen LogP contribution in [0.2, 0.25) is 0 Å². The summed E-state index contributed by atoms with van der Waals surface area (Å²) in [5.74, 6) is -4.51. The van der Waals surface area contributed by atoms with Crippen LogP contribution < -0.4 is 9.47 Å². The summed E-state index contributed by atoms with van der Waals surface area (Å²) in [5, 5.41) is 40.1. The number of carbonyl (C=O) groups is 3. The van der Waals surface area contributed by atoms with Gasteiger partial charge in [-0.15, -0.1) is 0 Å². The van der Waals surface area contributed by atoms with E-state index in [1.165, 1.54) is 13.0 Å². The van der Waals surface area contributed by atoms with E-state index in [0.717, 1.165) is 0 Å². The number of aliphatic hydroxyl groups is 2. The quantitative estimate of drug-likeness (QED) is 0.334. The van der Waals surface area contributed by atoms with E-state index in [-0.39, 0.29) is 39.9 Å². The normalized spacial score (nSPS) is 16.9. The van der Waals surface area contributed by atoms with Crippen molar-refractivity contribution in [2.75, 3.05) is 0 Å². The van der Waals surface area contributed by atoms with Crippen molar-refractivity contribution in [1.29, 1.82) is 0 Å². The van der Waals surface area contributed by atoms with Crippen LogP contribution in [-0.2, 0) is 11.3 Å². The molecule has 2 aliphatic rings. The maximum Gasteiger partial charge on any atom is 0.347 e. The molecule has 2 aromatic carbocycles. The van der Waals surface area contributed by atoms with Crippen molar-refractivity contribution >= 4 is 18.2 Å². The Labute approximate surface area is 156 Å². The largest absolute Gasteiger partial charge is 0.507 e. The molecule has 10 heteroatoms. The van der Waals surface area contributed by atoms with Crippen molar-refractivity contribution in [3.05, 3.63) is 39.4 Å². The average molecular weight is 388 g/mol. The zero-order chi connectivity index (χ0) is 20.3. The molecule has 0 unspecified atom stereocenters. The Morgan fingerprint density at radius 3 is 2.43 bits per heavy atom. The lowest BCUT2D eigenvalue weighted by atomic mass is 10.0. The molecule has 28 heavy (non-hydrogen) atoms. The third kappa shape index (κ3) is 2.19. The first-order chi connectivity index (χ1) is 13.3. The Kier molecular flexibility index (Phi) is 3.77. The van der Waals surface area contributed by atoms with Gasteiger partial charge in [-0.2, -0.15) is 0 Å². The molecule has 0 aromatic heterocycles. The molecule has 0 fully saturated rings. The molecule has 0 spiro atoms. The third-order valence-electron chi connectivity index (χ3n) is 4.56. The van der Waals surface area contributed by atoms with Crippen molar-refractivity contribution in [1.82, 2.24) is 0 Å². The van der Waals surface area contributed by atoms with Gasteiger partial charge in [0.1, 0.15) is 22.6 Å². The van der Waals surface area contributed by atoms with E-state index in [1.54, 1.807) is 0 Å². The van der Waals surface area contributed by atoms with Gasteiger partial charge in [-0.25, -0.2) is 9.59 Å². The molecule has 2 aromatic rings. The van der Waals surface area contributed by atoms with Crippen LogP contribution in [-0.4, -0.2) is 38.7 Å². The molecule has 0 amide bonds. The summed E-state index contributed by atoms with van der Waals surface area (Å²) in [4.78, 5) is 36.1. The maximum atomic E-state index is 12.7. The molecule has 2 aliphatic heterocycles. The third-order valence-corrected chi connectivity index (χ3v) is 4.56. The van der Waals surface area contributed by atoms with Crippen molar-refractivity contribution < 1.29 is 49.0 Å². The van der Waals surface area contributed by atoms with Crippen molar-refractivity contribution in [3.8, 4) is 28.7 Å². The lowest BCUT2D eigenvalue weighted by molar-refractivity contribution is -0.0555. The van der Waals surface area contributed by atoms with Crippen molar-refractivity contribution in [2.24, 2.45) is 0 Å². The molecular weight excluding hydrogens is 376 g/mol. The number of fused-ring (bicyclic) bond motifs is 4. The van der Waals surface area contributed by atoms with Crippen LogP contribution in [0, 0.1) is 6.92 Å². The first kappa shape index (κ1) is 17.8. The second-order valence-electron chi connectivity index (χ2n) is 6.13. The molecule has 144 valence electrons. The van der Waals surface area contributed by atoms with Crippen molar-refractivity contribution in [3.63, 3.8) is 0 Å². The number of hydrogen-bond donors (Lipinski definition) is 4. The van der Waals surface area contributed by atoms with Gasteiger partial charge in [0.15, 0.2) is 23.5 Å². The van der Waals surface area contributed by atoms with Gasteiger partial charge in [0.2, 0.25) is 6.29 Å². The summed E-state index contributed by atoms with van der Waals surface area (Å²) in [6.07, 6.45) is -1.59. The van der Waals surface area contributed by atoms with E-state index in [9.17, 15) is 34.8 Å². The van der Waals surface area contributed by atoms with E-state index in [0.29, 0.717) is 0 Å². The number of ether oxygens (including phenoxy) is 3. The van der Waals surface area contributed by atoms with Gasteiger partial charge in [0.25, 0.3) is 0 Å². The van der Waals surface area contributed by atoms with Gasteiger partial charge >= 0.3 is 11.9 Å². The van der Waals surface area contributed by atoms with Gasteiger partial charge in [-0.3, -0.25) is 4.79 Å². The summed E-state index contributed by atoms with van der Waals surface area (Å²) in [7, 11) is 0. The van der Waals surface area contributed by atoms with Gasteiger partial charge < -0.3 is 34.6 Å². The SMILES string of the molecule is Cc1cc(O)c(C=O)c2c1C(=O)Oc1c(CO)c(O)c3c(c1O2)[C@@H](O)OC3=O. The number of cyclic esters (lactones) is 1. The summed E-state index contributed by atoms with van der Waals surface area (Å²) in [6, 6.07) is 1.17. The smallest absolute Gasteiger partial charge is 0.347 e. The molecule has 0 saturated heterocycles. The number of benzene rings is 2. The number of esters is 2. The Hall–Kier alpha value is -3.63. The second kappa shape index (κ2) is 5.94. The van der Waals surface area contributed by atoms with E-state index in [4.69, 9.17) is 9.47 Å². The van der Waals surface area contributed by atoms with E-state index < -0.39 is 53.4 Å². The van der Waals surface area contributed by atoms with Crippen LogP contribution in [0.25, 0.3) is 0 Å². The molecule has 1 atom stereocenters. The highest BCUT2D eigenvalue weighted by atomic mass is 16.6. The minimum Gasteiger partial charge on any atom is -0.507 e. The van der Waals surface area contributed by atoms with Gasteiger partial charge in [0.05, 0.1) is 23.3 Å². The topological polar surface area (TPSA) is 160 Å². The predicted octanol–water partition coefficient (Wildman–Crippen LogP) is 1.20. The zero-order valence-corrected chi connectivity index (χ0v) is 14.2. The molecule has 10 nitrogen and oxygen atoms in total. The zero-order valence-electron chi connectivity index (χ0n) is 14.2. The number of phenolic OH excluding ortho intramolecular Hbond substituents is 1. The van der Waals surface area contributed by atoms with Crippen LogP contribution in [0.1, 0.15) is 54.1 Å². The monoisotopic (exact) mass is 388 g/mol. The average Bonchev–Trinajstić information content (AvgIpc) is 2.83. The Morgan fingerprint density at radius 2 is 1.79 bits per heavy atom. The predicted molar refractivity (Wildman–Crippen MR) is 87.7 cm³/mol. The van der Waals surface area contributed by atoms with Crippen molar-refractivity contribution in [2.45, 2.75) is 19.8 Å². The van der Waals surface area contributed by atoms with Crippen LogP contribution in [0.3, 0.4) is 0 Å². The van der Waals surface area contributed by atoms with Crippen LogP contribution in [0.4, 0.5) is 0 Å². The highest BCUT2D eigenvalue weighted by Crippen LogP contribution is 2.53. The molecular formula is C18H12O10. The molecule has 0 aliphatic carbocycles. The Morgan fingerprint density at radius 1 is 1.07 bits per heavy atom. The molecule has 0 bridgehead atoms.